The first-order valence-corrected chi connectivity index (χ1v) is 9.25. The van der Waals surface area contributed by atoms with Gasteiger partial charge in [-0.05, 0) is 30.7 Å². The predicted octanol–water partition coefficient (Wildman–Crippen LogP) is 1.90. The molecule has 0 radical (unpaired) electrons. The molecule has 8 heteroatoms. The Bertz CT molecular complexity index is 671. The van der Waals surface area contributed by atoms with Gasteiger partial charge in [-0.25, -0.2) is 13.2 Å². The predicted molar refractivity (Wildman–Crippen MR) is 91.4 cm³/mol. The van der Waals surface area contributed by atoms with Crippen LogP contribution in [0.5, 0.6) is 0 Å². The van der Waals surface area contributed by atoms with Crippen LogP contribution in [0.3, 0.4) is 0 Å². The number of urea groups is 1. The second-order valence-corrected chi connectivity index (χ2v) is 7.52. The smallest absolute Gasteiger partial charge is 0.319 e. The van der Waals surface area contributed by atoms with E-state index in [-0.39, 0.29) is 24.0 Å². The van der Waals surface area contributed by atoms with Gasteiger partial charge in [0, 0.05) is 30.1 Å². The van der Waals surface area contributed by atoms with Crippen LogP contribution in [0.25, 0.3) is 0 Å². The van der Waals surface area contributed by atoms with Gasteiger partial charge in [-0.2, -0.15) is 0 Å². The molecule has 3 amide bonds. The summed E-state index contributed by atoms with van der Waals surface area (Å²) in [5.41, 5.74) is 2.07. The van der Waals surface area contributed by atoms with Gasteiger partial charge in [0.15, 0.2) is 9.84 Å². The number of sulfone groups is 1. The zero-order valence-corrected chi connectivity index (χ0v) is 14.4. The number of carbonyl (C=O) groups excluding carboxylic acids is 2. The molecule has 0 atom stereocenters. The third-order valence-corrected chi connectivity index (χ3v) is 4.92. The maximum absolute atomic E-state index is 11.7. The van der Waals surface area contributed by atoms with Gasteiger partial charge in [-0.15, -0.1) is 0 Å². The summed E-state index contributed by atoms with van der Waals surface area (Å²) in [5, 5.41) is 7.89. The van der Waals surface area contributed by atoms with E-state index in [4.69, 9.17) is 0 Å². The Morgan fingerprint density at radius 3 is 2.39 bits per heavy atom. The lowest BCUT2D eigenvalue weighted by molar-refractivity contribution is -0.115. The minimum atomic E-state index is -3.10. The molecule has 0 aromatic heterocycles. The highest BCUT2D eigenvalue weighted by Gasteiger charge is 2.09. The largest absolute Gasteiger partial charge is 0.337 e. The van der Waals surface area contributed by atoms with Crippen molar-refractivity contribution in [3.63, 3.8) is 0 Å². The van der Waals surface area contributed by atoms with Crippen LogP contribution in [0.4, 0.5) is 16.2 Å². The summed E-state index contributed by atoms with van der Waals surface area (Å²) in [5.74, 6) is -0.109. The van der Waals surface area contributed by atoms with Gasteiger partial charge in [0.25, 0.3) is 0 Å². The van der Waals surface area contributed by atoms with Crippen molar-refractivity contribution in [3.8, 4) is 0 Å². The van der Waals surface area contributed by atoms with Crippen LogP contribution in [-0.2, 0) is 14.6 Å². The summed E-state index contributed by atoms with van der Waals surface area (Å²) < 4.78 is 22.7. The number of anilines is 2. The van der Waals surface area contributed by atoms with Gasteiger partial charge in [-0.1, -0.05) is 13.8 Å². The maximum atomic E-state index is 11.7. The molecule has 0 aliphatic carbocycles. The zero-order valence-electron chi connectivity index (χ0n) is 13.6. The van der Waals surface area contributed by atoms with Gasteiger partial charge in [0.2, 0.25) is 5.91 Å². The number of hydrogen-bond acceptors (Lipinski definition) is 4. The Kier molecular flexibility index (Phi) is 7.02. The highest BCUT2D eigenvalue weighted by molar-refractivity contribution is 7.91. The molecule has 0 aliphatic rings. The van der Waals surface area contributed by atoms with E-state index < -0.39 is 15.9 Å². The first kappa shape index (κ1) is 19.0. The third-order valence-electron chi connectivity index (χ3n) is 3.22. The fraction of sp³-hybridized carbons (Fsp3) is 0.467. The van der Waals surface area contributed by atoms with E-state index >= 15 is 0 Å². The number of hydrogen-bond donors (Lipinski definition) is 3. The molecule has 128 valence electrons. The molecule has 0 unspecified atom stereocenters. The quantitative estimate of drug-likeness (QED) is 0.704. The van der Waals surface area contributed by atoms with Crippen molar-refractivity contribution in [2.75, 3.05) is 28.7 Å². The van der Waals surface area contributed by atoms with Crippen molar-refractivity contribution in [3.05, 3.63) is 23.8 Å². The highest BCUT2D eigenvalue weighted by Crippen LogP contribution is 2.19. The van der Waals surface area contributed by atoms with Crippen molar-refractivity contribution < 1.29 is 18.0 Å². The van der Waals surface area contributed by atoms with E-state index in [2.05, 4.69) is 16.0 Å². The lowest BCUT2D eigenvalue weighted by atomic mass is 10.1. The Morgan fingerprint density at radius 2 is 1.83 bits per heavy atom. The Hall–Kier alpha value is -2.09. The monoisotopic (exact) mass is 341 g/mol. The van der Waals surface area contributed by atoms with Crippen LogP contribution in [-0.4, -0.2) is 38.4 Å². The van der Waals surface area contributed by atoms with E-state index in [1.54, 1.807) is 32.0 Å². The molecule has 1 rings (SSSR count). The summed E-state index contributed by atoms with van der Waals surface area (Å²) >= 11 is 0. The van der Waals surface area contributed by atoms with Crippen molar-refractivity contribution in [2.24, 2.45) is 0 Å². The molecule has 0 saturated carbocycles. The summed E-state index contributed by atoms with van der Waals surface area (Å²) in [6, 6.07) is 4.63. The Morgan fingerprint density at radius 1 is 1.13 bits per heavy atom. The standard InChI is InChI=1S/C15H23N3O4S/c1-4-14(19)18-13-7-6-12(10-11(13)3)17-15(20)16-8-9-23(21,22)5-2/h6-7,10H,4-5,8-9H2,1-3H3,(H,18,19)(H2,16,17,20). The first-order valence-electron chi connectivity index (χ1n) is 7.43. The minimum Gasteiger partial charge on any atom is -0.337 e. The van der Waals surface area contributed by atoms with E-state index in [0.717, 1.165) is 5.56 Å². The molecule has 1 aromatic rings. The molecule has 0 bridgehead atoms. The number of nitrogens with one attached hydrogen (secondary N) is 3. The van der Waals surface area contributed by atoms with Gasteiger partial charge < -0.3 is 16.0 Å². The summed E-state index contributed by atoms with van der Waals surface area (Å²) in [6.07, 6.45) is 0.391. The zero-order chi connectivity index (χ0) is 17.5. The summed E-state index contributed by atoms with van der Waals surface area (Å²) in [7, 11) is -3.10. The molecule has 0 saturated heterocycles. The van der Waals surface area contributed by atoms with Gasteiger partial charge in [-0.3, -0.25) is 4.79 Å². The third kappa shape index (κ3) is 6.68. The molecule has 0 fully saturated rings. The Balaban J connectivity index is 2.55. The molecular formula is C15H23N3O4S. The van der Waals surface area contributed by atoms with Crippen LogP contribution in [0.15, 0.2) is 18.2 Å². The average molecular weight is 341 g/mol. The summed E-state index contributed by atoms with van der Waals surface area (Å²) in [4.78, 5) is 23.1. The van der Waals surface area contributed by atoms with Gasteiger partial charge >= 0.3 is 6.03 Å². The van der Waals surface area contributed by atoms with Crippen LogP contribution >= 0.6 is 0 Å². The molecule has 0 heterocycles. The molecule has 3 N–H and O–H groups in total. The molecule has 23 heavy (non-hydrogen) atoms. The molecule has 1 aromatic carbocycles. The maximum Gasteiger partial charge on any atom is 0.319 e. The van der Waals surface area contributed by atoms with Crippen molar-refractivity contribution in [1.29, 1.82) is 0 Å². The normalized spacial score (nSPS) is 10.9. The lowest BCUT2D eigenvalue weighted by Crippen LogP contribution is -2.33. The van der Waals surface area contributed by atoms with E-state index in [0.29, 0.717) is 17.8 Å². The van der Waals surface area contributed by atoms with E-state index in [1.807, 2.05) is 6.92 Å². The SMILES string of the molecule is CCC(=O)Nc1ccc(NC(=O)NCCS(=O)(=O)CC)cc1C. The van der Waals surface area contributed by atoms with Crippen molar-refractivity contribution >= 4 is 33.2 Å². The number of amides is 3. The fourth-order valence-electron chi connectivity index (χ4n) is 1.76. The van der Waals surface area contributed by atoms with Crippen molar-refractivity contribution in [1.82, 2.24) is 5.32 Å². The Labute approximate surface area is 136 Å². The summed E-state index contributed by atoms with van der Waals surface area (Å²) in [6.45, 7) is 5.22. The molecule has 0 spiro atoms. The highest BCUT2D eigenvalue weighted by atomic mass is 32.2. The second kappa shape index (κ2) is 8.52. The lowest BCUT2D eigenvalue weighted by Gasteiger charge is -2.11. The van der Waals surface area contributed by atoms with Crippen LogP contribution in [0.1, 0.15) is 25.8 Å². The number of aryl methyl sites for hydroxylation is 1. The molecule has 0 aliphatic heterocycles. The molecular weight excluding hydrogens is 318 g/mol. The van der Waals surface area contributed by atoms with Gasteiger partial charge in [0.05, 0.1) is 5.75 Å². The van der Waals surface area contributed by atoms with Crippen LogP contribution in [0, 0.1) is 6.92 Å². The molecule has 7 nitrogen and oxygen atoms in total. The first-order chi connectivity index (χ1) is 10.8. The van der Waals surface area contributed by atoms with Crippen molar-refractivity contribution in [2.45, 2.75) is 27.2 Å². The second-order valence-electron chi connectivity index (χ2n) is 5.05. The minimum absolute atomic E-state index is 0.0560. The number of benzene rings is 1. The van der Waals surface area contributed by atoms with Crippen LogP contribution in [0.2, 0.25) is 0 Å². The number of rotatable bonds is 7. The van der Waals surface area contributed by atoms with Crippen LogP contribution < -0.4 is 16.0 Å². The fourth-order valence-corrected chi connectivity index (χ4v) is 2.46. The average Bonchev–Trinajstić information content (AvgIpc) is 2.49. The van der Waals surface area contributed by atoms with E-state index in [9.17, 15) is 18.0 Å². The van der Waals surface area contributed by atoms with Gasteiger partial charge in [0.1, 0.15) is 0 Å². The number of carbonyl (C=O) groups is 2. The topological polar surface area (TPSA) is 104 Å². The van der Waals surface area contributed by atoms with E-state index in [1.165, 1.54) is 0 Å².